The van der Waals surface area contributed by atoms with Crippen molar-refractivity contribution >= 4 is 17.7 Å². The molecule has 0 aromatic heterocycles. The number of hydrogen-bond donors (Lipinski definition) is 3. The van der Waals surface area contributed by atoms with E-state index >= 15 is 0 Å². The second kappa shape index (κ2) is 7.44. The minimum absolute atomic E-state index is 0.0515. The number of rotatable bonds is 6. The van der Waals surface area contributed by atoms with Gasteiger partial charge in [0.25, 0.3) is 0 Å². The van der Waals surface area contributed by atoms with Crippen LogP contribution in [-0.4, -0.2) is 46.8 Å². The Morgan fingerprint density at radius 2 is 2.10 bits per heavy atom. The molecule has 0 aliphatic heterocycles. The number of aromatic carboxylic acids is 1. The third-order valence-electron chi connectivity index (χ3n) is 2.72. The van der Waals surface area contributed by atoms with Gasteiger partial charge in [0.1, 0.15) is 11.4 Å². The van der Waals surface area contributed by atoms with Crippen LogP contribution >= 0.6 is 0 Å². The van der Waals surface area contributed by atoms with Crippen molar-refractivity contribution in [1.29, 1.82) is 0 Å². The van der Waals surface area contributed by atoms with E-state index < -0.39 is 23.4 Å². The number of carboxylic acids is 1. The number of amides is 2. The number of urea groups is 1. The summed E-state index contributed by atoms with van der Waals surface area (Å²) >= 11 is 0. The van der Waals surface area contributed by atoms with Gasteiger partial charge in [-0.25, -0.2) is 14.0 Å². The normalized spacial score (nSPS) is 10.2. The average Bonchev–Trinajstić information content (AvgIpc) is 2.39. The monoisotopic (exact) mass is 284 g/mol. The second-order valence-corrected chi connectivity index (χ2v) is 4.05. The summed E-state index contributed by atoms with van der Waals surface area (Å²) in [6.07, 6.45) is 0.413. The first kappa shape index (κ1) is 15.9. The molecule has 20 heavy (non-hydrogen) atoms. The quantitative estimate of drug-likeness (QED) is 0.742. The lowest BCUT2D eigenvalue weighted by Crippen LogP contribution is -2.36. The van der Waals surface area contributed by atoms with Gasteiger partial charge in [-0.1, -0.05) is 6.07 Å². The smallest absolute Gasteiger partial charge is 0.340 e. The van der Waals surface area contributed by atoms with E-state index in [9.17, 15) is 14.0 Å². The van der Waals surface area contributed by atoms with Gasteiger partial charge in [-0.15, -0.1) is 0 Å². The molecule has 0 saturated heterocycles. The lowest BCUT2D eigenvalue weighted by molar-refractivity contribution is 0.0693. The van der Waals surface area contributed by atoms with E-state index in [1.165, 1.54) is 17.0 Å². The standard InChI is InChI=1S/C13H17FN2O4/c1-2-16(7-4-8-17)13(20)15-10-6-3-5-9(14)11(10)12(18)19/h3,5-6,17H,2,4,7-8H2,1H3,(H,15,20)(H,18,19). The van der Waals surface area contributed by atoms with E-state index in [1.807, 2.05) is 0 Å². The van der Waals surface area contributed by atoms with Crippen molar-refractivity contribution in [1.82, 2.24) is 4.90 Å². The van der Waals surface area contributed by atoms with Gasteiger partial charge in [-0.05, 0) is 25.5 Å². The molecule has 0 atom stereocenters. The van der Waals surface area contributed by atoms with Crippen LogP contribution in [0.2, 0.25) is 0 Å². The van der Waals surface area contributed by atoms with Gasteiger partial charge in [0.05, 0.1) is 5.69 Å². The van der Waals surface area contributed by atoms with E-state index in [2.05, 4.69) is 5.32 Å². The minimum atomic E-state index is -1.45. The molecule has 1 aromatic carbocycles. The molecule has 0 radical (unpaired) electrons. The van der Waals surface area contributed by atoms with Crippen LogP contribution in [0.15, 0.2) is 18.2 Å². The molecule has 0 spiro atoms. The van der Waals surface area contributed by atoms with Crippen LogP contribution in [-0.2, 0) is 0 Å². The molecule has 3 N–H and O–H groups in total. The number of anilines is 1. The lowest BCUT2D eigenvalue weighted by atomic mass is 10.1. The number of halogens is 1. The molecule has 0 heterocycles. The van der Waals surface area contributed by atoms with Crippen LogP contribution in [0.4, 0.5) is 14.9 Å². The van der Waals surface area contributed by atoms with Gasteiger partial charge in [0, 0.05) is 19.7 Å². The fourth-order valence-corrected chi connectivity index (χ4v) is 1.70. The van der Waals surface area contributed by atoms with Gasteiger partial charge in [-0.2, -0.15) is 0 Å². The average molecular weight is 284 g/mol. The van der Waals surface area contributed by atoms with Crippen molar-refractivity contribution < 1.29 is 24.2 Å². The highest BCUT2D eigenvalue weighted by Gasteiger charge is 2.19. The zero-order valence-electron chi connectivity index (χ0n) is 11.1. The molecule has 0 aliphatic rings. The summed E-state index contributed by atoms with van der Waals surface area (Å²) in [4.78, 5) is 24.3. The third kappa shape index (κ3) is 3.92. The van der Waals surface area contributed by atoms with Gasteiger partial charge in [0.15, 0.2) is 0 Å². The van der Waals surface area contributed by atoms with E-state index in [-0.39, 0.29) is 12.3 Å². The largest absolute Gasteiger partial charge is 0.478 e. The zero-order chi connectivity index (χ0) is 15.1. The van der Waals surface area contributed by atoms with Crippen molar-refractivity contribution in [3.8, 4) is 0 Å². The molecular weight excluding hydrogens is 267 g/mol. The van der Waals surface area contributed by atoms with Gasteiger partial charge >= 0.3 is 12.0 Å². The summed E-state index contributed by atoms with van der Waals surface area (Å²) in [5.74, 6) is -2.36. The van der Waals surface area contributed by atoms with Crippen LogP contribution in [0.25, 0.3) is 0 Å². The number of aliphatic hydroxyl groups excluding tert-OH is 1. The van der Waals surface area contributed by atoms with Crippen LogP contribution in [0.5, 0.6) is 0 Å². The molecule has 0 bridgehead atoms. The SMILES string of the molecule is CCN(CCCO)C(=O)Nc1cccc(F)c1C(=O)O. The van der Waals surface area contributed by atoms with Crippen LogP contribution in [0.1, 0.15) is 23.7 Å². The van der Waals surface area contributed by atoms with Crippen molar-refractivity contribution in [2.45, 2.75) is 13.3 Å². The molecule has 7 heteroatoms. The first-order valence-corrected chi connectivity index (χ1v) is 6.19. The number of nitrogens with one attached hydrogen (secondary N) is 1. The van der Waals surface area contributed by atoms with Gasteiger partial charge < -0.3 is 20.4 Å². The predicted octanol–water partition coefficient (Wildman–Crippen LogP) is 1.76. The van der Waals surface area contributed by atoms with E-state index in [1.54, 1.807) is 6.92 Å². The van der Waals surface area contributed by atoms with Gasteiger partial charge in [-0.3, -0.25) is 0 Å². The Kier molecular flexibility index (Phi) is 5.92. The molecule has 1 aromatic rings. The molecule has 0 fully saturated rings. The second-order valence-electron chi connectivity index (χ2n) is 4.05. The highest BCUT2D eigenvalue weighted by atomic mass is 19.1. The maximum atomic E-state index is 13.5. The van der Waals surface area contributed by atoms with Crippen LogP contribution < -0.4 is 5.32 Å². The first-order chi connectivity index (χ1) is 9.51. The Morgan fingerprint density at radius 1 is 1.40 bits per heavy atom. The number of aliphatic hydroxyl groups is 1. The van der Waals surface area contributed by atoms with Gasteiger partial charge in [0.2, 0.25) is 0 Å². The first-order valence-electron chi connectivity index (χ1n) is 6.19. The Labute approximate surface area is 115 Å². The van der Waals surface area contributed by atoms with E-state index in [4.69, 9.17) is 10.2 Å². The number of benzene rings is 1. The Hall–Kier alpha value is -2.15. The number of nitrogens with zero attached hydrogens (tertiary/aromatic N) is 1. The number of hydrogen-bond acceptors (Lipinski definition) is 3. The molecule has 0 unspecified atom stereocenters. The molecule has 0 saturated carbocycles. The predicted molar refractivity (Wildman–Crippen MR) is 71.3 cm³/mol. The zero-order valence-corrected chi connectivity index (χ0v) is 11.1. The molecule has 110 valence electrons. The maximum absolute atomic E-state index is 13.5. The molecule has 2 amide bonds. The fraction of sp³-hybridized carbons (Fsp3) is 0.385. The highest BCUT2D eigenvalue weighted by Crippen LogP contribution is 2.19. The number of carbonyl (C=O) groups excluding carboxylic acids is 1. The van der Waals surface area contributed by atoms with Crippen molar-refractivity contribution in [2.75, 3.05) is 25.0 Å². The van der Waals surface area contributed by atoms with Crippen LogP contribution in [0, 0.1) is 5.82 Å². The number of carbonyl (C=O) groups is 2. The summed E-state index contributed by atoms with van der Waals surface area (Å²) < 4.78 is 13.5. The van der Waals surface area contributed by atoms with E-state index in [0.717, 1.165) is 6.07 Å². The third-order valence-corrected chi connectivity index (χ3v) is 2.72. The molecule has 1 rings (SSSR count). The molecule has 0 aliphatic carbocycles. The Morgan fingerprint density at radius 3 is 2.65 bits per heavy atom. The Bertz CT molecular complexity index is 493. The summed E-state index contributed by atoms with van der Waals surface area (Å²) in [6, 6.07) is 3.13. The van der Waals surface area contributed by atoms with Crippen molar-refractivity contribution in [2.24, 2.45) is 0 Å². The fourth-order valence-electron chi connectivity index (χ4n) is 1.70. The van der Waals surface area contributed by atoms with Crippen molar-refractivity contribution in [3.63, 3.8) is 0 Å². The lowest BCUT2D eigenvalue weighted by Gasteiger charge is -2.21. The summed E-state index contributed by atoms with van der Waals surface area (Å²) in [6.45, 7) is 2.42. The Balaban J connectivity index is 2.89. The summed E-state index contributed by atoms with van der Waals surface area (Å²) in [5.41, 5.74) is -0.663. The van der Waals surface area contributed by atoms with Crippen molar-refractivity contribution in [3.05, 3.63) is 29.6 Å². The van der Waals surface area contributed by atoms with Crippen LogP contribution in [0.3, 0.4) is 0 Å². The molecular formula is C13H17FN2O4. The number of carboxylic acid groups (broad SMARTS) is 1. The highest BCUT2D eigenvalue weighted by molar-refractivity contribution is 6.00. The maximum Gasteiger partial charge on any atom is 0.340 e. The summed E-state index contributed by atoms with van der Waals surface area (Å²) in [5, 5.41) is 20.1. The minimum Gasteiger partial charge on any atom is -0.478 e. The topological polar surface area (TPSA) is 89.9 Å². The molecule has 6 nitrogen and oxygen atoms in total. The summed E-state index contributed by atoms with van der Waals surface area (Å²) in [7, 11) is 0. The van der Waals surface area contributed by atoms with E-state index in [0.29, 0.717) is 19.5 Å².